The molecule has 0 aromatic heterocycles. The van der Waals surface area contributed by atoms with Crippen LogP contribution >= 0.6 is 0 Å². The van der Waals surface area contributed by atoms with Gasteiger partial charge in [-0.05, 0) is 29.7 Å². The minimum Gasteiger partial charge on any atom is -0.366 e. The summed E-state index contributed by atoms with van der Waals surface area (Å²) in [6, 6.07) is 9.73. The van der Waals surface area contributed by atoms with Crippen molar-refractivity contribution < 1.29 is 18.1 Å². The number of nitro groups is 1. The second kappa shape index (κ2) is 5.57. The molecule has 0 fully saturated rings. The number of alkyl halides is 3. The molecule has 1 aliphatic rings. The van der Waals surface area contributed by atoms with E-state index < -0.39 is 16.7 Å². The van der Waals surface area contributed by atoms with E-state index in [1.165, 1.54) is 24.3 Å². The summed E-state index contributed by atoms with van der Waals surface area (Å²) in [6.45, 7) is 1.11. The fourth-order valence-corrected chi connectivity index (χ4v) is 2.73. The molecule has 0 amide bonds. The number of hydrogen-bond acceptors (Lipinski definition) is 3. The average Bonchev–Trinajstić information content (AvgIpc) is 2.89. The van der Waals surface area contributed by atoms with Crippen LogP contribution in [0.15, 0.2) is 42.5 Å². The summed E-state index contributed by atoms with van der Waals surface area (Å²) < 4.78 is 37.7. The topological polar surface area (TPSA) is 46.4 Å². The smallest absolute Gasteiger partial charge is 0.366 e. The Hall–Kier alpha value is -2.57. The highest BCUT2D eigenvalue weighted by Gasteiger charge is 2.30. The van der Waals surface area contributed by atoms with Crippen molar-refractivity contribution in [2.24, 2.45) is 0 Å². The largest absolute Gasteiger partial charge is 0.416 e. The third-order valence-corrected chi connectivity index (χ3v) is 3.93. The van der Waals surface area contributed by atoms with Crippen LogP contribution in [0.4, 0.5) is 24.5 Å². The number of non-ortho nitro benzene ring substituents is 1. The normalized spacial score (nSPS) is 14.0. The van der Waals surface area contributed by atoms with Crippen LogP contribution in [-0.2, 0) is 19.1 Å². The van der Waals surface area contributed by atoms with Crippen molar-refractivity contribution in [1.29, 1.82) is 0 Å². The van der Waals surface area contributed by atoms with Crippen molar-refractivity contribution in [2.75, 3.05) is 11.4 Å². The lowest BCUT2D eigenvalue weighted by atomic mass is 10.1. The summed E-state index contributed by atoms with van der Waals surface area (Å²) in [5, 5.41) is 10.9. The number of rotatable bonds is 3. The lowest BCUT2D eigenvalue weighted by Crippen LogP contribution is -2.19. The zero-order valence-electron chi connectivity index (χ0n) is 12.0. The number of nitro benzene ring substituents is 1. The van der Waals surface area contributed by atoms with Crippen LogP contribution in [0, 0.1) is 10.1 Å². The standard InChI is InChI=1S/C16H13F3N2O2/c17-16(18,19)13-4-1-11(2-5-13)10-20-8-7-12-3-6-14(21(22)23)9-15(12)20/h1-6,9H,7-8,10H2. The minimum absolute atomic E-state index is 0.0167. The van der Waals surface area contributed by atoms with E-state index in [2.05, 4.69) is 0 Å². The Labute approximate surface area is 130 Å². The molecule has 0 saturated carbocycles. The first-order valence-electron chi connectivity index (χ1n) is 7.03. The summed E-state index contributed by atoms with van der Waals surface area (Å²) in [6.07, 6.45) is -3.58. The molecular weight excluding hydrogens is 309 g/mol. The Morgan fingerprint density at radius 2 is 1.83 bits per heavy atom. The monoisotopic (exact) mass is 322 g/mol. The van der Waals surface area contributed by atoms with Crippen LogP contribution in [0.25, 0.3) is 0 Å². The van der Waals surface area contributed by atoms with E-state index in [0.29, 0.717) is 13.1 Å². The molecule has 3 rings (SSSR count). The highest BCUT2D eigenvalue weighted by Crippen LogP contribution is 2.33. The second-order valence-corrected chi connectivity index (χ2v) is 5.44. The van der Waals surface area contributed by atoms with Gasteiger partial charge in [0.05, 0.1) is 10.5 Å². The lowest BCUT2D eigenvalue weighted by Gasteiger charge is -2.19. The number of nitrogens with zero attached hydrogens (tertiary/aromatic N) is 2. The highest BCUT2D eigenvalue weighted by molar-refractivity contribution is 5.62. The average molecular weight is 322 g/mol. The molecule has 23 heavy (non-hydrogen) atoms. The van der Waals surface area contributed by atoms with Crippen molar-refractivity contribution in [3.63, 3.8) is 0 Å². The van der Waals surface area contributed by atoms with Crippen LogP contribution in [0.3, 0.4) is 0 Å². The number of hydrogen-bond donors (Lipinski definition) is 0. The van der Waals surface area contributed by atoms with Gasteiger partial charge in [-0.2, -0.15) is 13.2 Å². The maximum Gasteiger partial charge on any atom is 0.416 e. The molecule has 120 valence electrons. The van der Waals surface area contributed by atoms with E-state index in [9.17, 15) is 23.3 Å². The summed E-state index contributed by atoms with van der Waals surface area (Å²) >= 11 is 0. The maximum atomic E-state index is 12.6. The Kier molecular flexibility index (Phi) is 3.71. The Bertz CT molecular complexity index is 742. The molecule has 1 heterocycles. The van der Waals surface area contributed by atoms with Gasteiger partial charge in [0.15, 0.2) is 0 Å². The van der Waals surface area contributed by atoms with Gasteiger partial charge in [-0.25, -0.2) is 0 Å². The van der Waals surface area contributed by atoms with Crippen molar-refractivity contribution in [2.45, 2.75) is 19.1 Å². The summed E-state index contributed by atoms with van der Waals surface area (Å²) in [5.74, 6) is 0. The number of fused-ring (bicyclic) bond motifs is 1. The van der Waals surface area contributed by atoms with Crippen molar-refractivity contribution >= 4 is 11.4 Å². The van der Waals surface area contributed by atoms with E-state index in [-0.39, 0.29) is 5.69 Å². The van der Waals surface area contributed by atoms with Crippen LogP contribution in [0.1, 0.15) is 16.7 Å². The molecule has 2 aromatic rings. The zero-order chi connectivity index (χ0) is 16.6. The molecule has 4 nitrogen and oxygen atoms in total. The van der Waals surface area contributed by atoms with Gasteiger partial charge >= 0.3 is 6.18 Å². The molecule has 0 N–H and O–H groups in total. The first-order valence-corrected chi connectivity index (χ1v) is 7.03. The second-order valence-electron chi connectivity index (χ2n) is 5.44. The van der Waals surface area contributed by atoms with Gasteiger partial charge in [0.2, 0.25) is 0 Å². The third-order valence-electron chi connectivity index (χ3n) is 3.93. The lowest BCUT2D eigenvalue weighted by molar-refractivity contribution is -0.384. The van der Waals surface area contributed by atoms with Crippen LogP contribution in [0.2, 0.25) is 0 Å². The molecule has 0 saturated heterocycles. The molecule has 0 spiro atoms. The quantitative estimate of drug-likeness (QED) is 0.629. The number of benzene rings is 2. The van der Waals surface area contributed by atoms with Gasteiger partial charge < -0.3 is 4.90 Å². The first-order chi connectivity index (χ1) is 10.8. The predicted octanol–water partition coefficient (Wildman–Crippen LogP) is 4.18. The van der Waals surface area contributed by atoms with Crippen LogP contribution < -0.4 is 4.90 Å². The zero-order valence-corrected chi connectivity index (χ0v) is 12.0. The van der Waals surface area contributed by atoms with E-state index in [1.807, 2.05) is 4.90 Å². The Balaban J connectivity index is 1.81. The fourth-order valence-electron chi connectivity index (χ4n) is 2.73. The van der Waals surface area contributed by atoms with Gasteiger partial charge in [0.1, 0.15) is 0 Å². The minimum atomic E-state index is -4.35. The highest BCUT2D eigenvalue weighted by atomic mass is 19.4. The summed E-state index contributed by atoms with van der Waals surface area (Å²) in [7, 11) is 0. The Morgan fingerprint density at radius 1 is 1.13 bits per heavy atom. The number of halogens is 3. The molecule has 0 radical (unpaired) electrons. The first kappa shape index (κ1) is 15.3. The van der Waals surface area contributed by atoms with Gasteiger partial charge in [-0.15, -0.1) is 0 Å². The third kappa shape index (κ3) is 3.13. The van der Waals surface area contributed by atoms with E-state index in [4.69, 9.17) is 0 Å². The summed E-state index contributed by atoms with van der Waals surface area (Å²) in [4.78, 5) is 12.4. The maximum absolute atomic E-state index is 12.6. The molecular formula is C16H13F3N2O2. The van der Waals surface area contributed by atoms with Crippen molar-refractivity contribution in [3.05, 3.63) is 69.3 Å². The fraction of sp³-hybridized carbons (Fsp3) is 0.250. The van der Waals surface area contributed by atoms with Gasteiger partial charge in [0, 0.05) is 30.9 Å². The molecule has 0 aliphatic carbocycles. The molecule has 0 unspecified atom stereocenters. The predicted molar refractivity (Wildman–Crippen MR) is 79.3 cm³/mol. The molecule has 0 atom stereocenters. The van der Waals surface area contributed by atoms with Gasteiger partial charge in [-0.1, -0.05) is 18.2 Å². The summed E-state index contributed by atoms with van der Waals surface area (Å²) in [5.41, 5.74) is 1.86. The van der Waals surface area contributed by atoms with Crippen LogP contribution in [0.5, 0.6) is 0 Å². The van der Waals surface area contributed by atoms with E-state index >= 15 is 0 Å². The SMILES string of the molecule is O=[N+]([O-])c1ccc2c(c1)N(Cc1ccc(C(F)(F)F)cc1)CC2. The van der Waals surface area contributed by atoms with Crippen LogP contribution in [-0.4, -0.2) is 11.5 Å². The van der Waals surface area contributed by atoms with Crippen molar-refractivity contribution in [3.8, 4) is 0 Å². The van der Waals surface area contributed by atoms with Gasteiger partial charge in [-0.3, -0.25) is 10.1 Å². The number of anilines is 1. The molecule has 2 aromatic carbocycles. The molecule has 7 heteroatoms. The van der Waals surface area contributed by atoms with E-state index in [1.54, 1.807) is 6.07 Å². The van der Waals surface area contributed by atoms with Gasteiger partial charge in [0.25, 0.3) is 5.69 Å². The molecule has 0 bridgehead atoms. The van der Waals surface area contributed by atoms with E-state index in [0.717, 1.165) is 35.4 Å². The van der Waals surface area contributed by atoms with Crippen molar-refractivity contribution in [1.82, 2.24) is 0 Å². The molecule has 1 aliphatic heterocycles. The Morgan fingerprint density at radius 3 is 2.43 bits per heavy atom.